The number of hydrogen-bond acceptors (Lipinski definition) is 2. The highest BCUT2D eigenvalue weighted by Crippen LogP contribution is 2.19. The number of benzene rings is 1. The van der Waals surface area contributed by atoms with Crippen LogP contribution in [0.4, 0.5) is 0 Å². The van der Waals surface area contributed by atoms with Gasteiger partial charge in [-0.15, -0.1) is 0 Å². The maximum absolute atomic E-state index is 11.7. The molecule has 0 aliphatic carbocycles. The molecule has 2 N–H and O–H groups in total. The van der Waals surface area contributed by atoms with Crippen molar-refractivity contribution in [1.29, 1.82) is 0 Å². The Kier molecular flexibility index (Phi) is 4.72. The summed E-state index contributed by atoms with van der Waals surface area (Å²) >= 11 is 5.33. The number of rotatable bonds is 3. The van der Waals surface area contributed by atoms with Crippen LogP contribution in [0.15, 0.2) is 22.7 Å². The van der Waals surface area contributed by atoms with Gasteiger partial charge in [0, 0.05) is 8.04 Å². The Labute approximate surface area is 115 Å². The molecule has 1 aromatic rings. The van der Waals surface area contributed by atoms with E-state index in [-0.39, 0.29) is 0 Å². The predicted octanol–water partition coefficient (Wildman–Crippen LogP) is 2.26. The van der Waals surface area contributed by atoms with Crippen molar-refractivity contribution in [2.45, 2.75) is 13.0 Å². The van der Waals surface area contributed by atoms with Crippen molar-refractivity contribution in [1.82, 2.24) is 5.32 Å². The summed E-state index contributed by atoms with van der Waals surface area (Å²) in [5, 5.41) is 11.1. The zero-order valence-electron chi connectivity index (χ0n) is 8.33. The molecule has 0 aliphatic heterocycles. The number of aliphatic carboxylic acids is 1. The minimum absolute atomic E-state index is 0.403. The van der Waals surface area contributed by atoms with E-state index in [1.165, 1.54) is 6.92 Å². The van der Waals surface area contributed by atoms with Gasteiger partial charge in [0.1, 0.15) is 6.04 Å². The Morgan fingerprint density at radius 1 is 1.50 bits per heavy atom. The zero-order chi connectivity index (χ0) is 12.3. The van der Waals surface area contributed by atoms with Crippen LogP contribution < -0.4 is 5.32 Å². The molecule has 1 unspecified atom stereocenters. The molecule has 0 aromatic heterocycles. The summed E-state index contributed by atoms with van der Waals surface area (Å²) in [6, 6.07) is 4.39. The molecular weight excluding hydrogens is 389 g/mol. The third kappa shape index (κ3) is 3.44. The van der Waals surface area contributed by atoms with Crippen molar-refractivity contribution in [3.63, 3.8) is 0 Å². The lowest BCUT2D eigenvalue weighted by Gasteiger charge is -2.10. The van der Waals surface area contributed by atoms with Crippen molar-refractivity contribution in [3.8, 4) is 0 Å². The van der Waals surface area contributed by atoms with E-state index in [0.717, 1.165) is 3.57 Å². The fourth-order valence-electron chi connectivity index (χ4n) is 1.01. The van der Waals surface area contributed by atoms with Crippen molar-refractivity contribution in [2.24, 2.45) is 0 Å². The number of hydrogen-bond donors (Lipinski definition) is 2. The van der Waals surface area contributed by atoms with E-state index >= 15 is 0 Å². The quantitative estimate of drug-likeness (QED) is 0.769. The van der Waals surface area contributed by atoms with Gasteiger partial charge < -0.3 is 10.4 Å². The Morgan fingerprint density at radius 2 is 2.12 bits per heavy atom. The van der Waals surface area contributed by atoms with Gasteiger partial charge in [-0.05, 0) is 63.6 Å². The second kappa shape index (κ2) is 5.62. The second-order valence-electron chi connectivity index (χ2n) is 3.16. The molecule has 16 heavy (non-hydrogen) atoms. The van der Waals surface area contributed by atoms with Crippen molar-refractivity contribution < 1.29 is 14.7 Å². The minimum Gasteiger partial charge on any atom is -0.480 e. The largest absolute Gasteiger partial charge is 0.480 e. The standard InChI is InChI=1S/C10H9BrINO3/c1-5(10(15)16)13-9(14)7-4-6(12)2-3-8(7)11/h2-5H,1H3,(H,13,14)(H,15,16). The molecule has 0 bridgehead atoms. The molecule has 86 valence electrons. The molecule has 0 saturated heterocycles. The first-order valence-corrected chi connectivity index (χ1v) is 6.27. The van der Waals surface area contributed by atoms with Crippen LogP contribution >= 0.6 is 38.5 Å². The smallest absolute Gasteiger partial charge is 0.325 e. The van der Waals surface area contributed by atoms with Gasteiger partial charge >= 0.3 is 5.97 Å². The topological polar surface area (TPSA) is 66.4 Å². The lowest BCUT2D eigenvalue weighted by Crippen LogP contribution is -2.38. The molecule has 0 fully saturated rings. The maximum Gasteiger partial charge on any atom is 0.325 e. The molecular formula is C10H9BrINO3. The molecule has 1 rings (SSSR count). The van der Waals surface area contributed by atoms with E-state index in [4.69, 9.17) is 5.11 Å². The number of carboxylic acid groups (broad SMARTS) is 1. The van der Waals surface area contributed by atoms with Gasteiger partial charge in [0.2, 0.25) is 0 Å². The summed E-state index contributed by atoms with van der Waals surface area (Å²) in [6.45, 7) is 1.42. The van der Waals surface area contributed by atoms with Gasteiger partial charge in [0.25, 0.3) is 5.91 Å². The highest BCUT2D eigenvalue weighted by Gasteiger charge is 2.17. The molecule has 0 spiro atoms. The van der Waals surface area contributed by atoms with Crippen LogP contribution in [0.1, 0.15) is 17.3 Å². The Hall–Kier alpha value is -0.630. The van der Waals surface area contributed by atoms with Crippen LogP contribution in [-0.2, 0) is 4.79 Å². The molecule has 0 heterocycles. The Balaban J connectivity index is 2.88. The van der Waals surface area contributed by atoms with E-state index in [9.17, 15) is 9.59 Å². The minimum atomic E-state index is -1.06. The summed E-state index contributed by atoms with van der Waals surface area (Å²) in [5.74, 6) is -1.46. The number of amides is 1. The predicted molar refractivity (Wildman–Crippen MR) is 71.4 cm³/mol. The van der Waals surface area contributed by atoms with Gasteiger partial charge in [-0.1, -0.05) is 0 Å². The number of nitrogens with one attached hydrogen (secondary N) is 1. The van der Waals surface area contributed by atoms with Gasteiger partial charge in [0.05, 0.1) is 5.56 Å². The molecule has 0 radical (unpaired) electrons. The van der Waals surface area contributed by atoms with Crippen molar-refractivity contribution in [2.75, 3.05) is 0 Å². The Bertz CT molecular complexity index is 436. The summed E-state index contributed by atoms with van der Waals surface area (Å²) in [5.41, 5.74) is 0.431. The fraction of sp³-hybridized carbons (Fsp3) is 0.200. The third-order valence-corrected chi connectivity index (χ3v) is 3.25. The first-order valence-electron chi connectivity index (χ1n) is 4.40. The van der Waals surface area contributed by atoms with Gasteiger partial charge in [-0.25, -0.2) is 0 Å². The highest BCUT2D eigenvalue weighted by molar-refractivity contribution is 14.1. The van der Waals surface area contributed by atoms with Gasteiger partial charge in [0.15, 0.2) is 0 Å². The van der Waals surface area contributed by atoms with Crippen LogP contribution in [0, 0.1) is 3.57 Å². The van der Waals surface area contributed by atoms with Crippen LogP contribution in [-0.4, -0.2) is 23.0 Å². The van der Waals surface area contributed by atoms with Gasteiger partial charge in [-0.2, -0.15) is 0 Å². The summed E-state index contributed by atoms with van der Waals surface area (Å²) in [4.78, 5) is 22.3. The molecule has 6 heteroatoms. The number of halogens is 2. The highest BCUT2D eigenvalue weighted by atomic mass is 127. The Morgan fingerprint density at radius 3 is 2.69 bits per heavy atom. The molecule has 0 aliphatic rings. The molecule has 1 amide bonds. The van der Waals surface area contributed by atoms with E-state index in [0.29, 0.717) is 10.0 Å². The lowest BCUT2D eigenvalue weighted by atomic mass is 10.2. The lowest BCUT2D eigenvalue weighted by molar-refractivity contribution is -0.138. The number of carbonyl (C=O) groups is 2. The first-order chi connectivity index (χ1) is 7.41. The van der Waals surface area contributed by atoms with E-state index in [1.54, 1.807) is 12.1 Å². The van der Waals surface area contributed by atoms with Crippen LogP contribution in [0.25, 0.3) is 0 Å². The average Bonchev–Trinajstić information content (AvgIpc) is 2.21. The molecule has 1 atom stereocenters. The van der Waals surface area contributed by atoms with Crippen LogP contribution in [0.5, 0.6) is 0 Å². The van der Waals surface area contributed by atoms with Crippen molar-refractivity contribution in [3.05, 3.63) is 31.8 Å². The van der Waals surface area contributed by atoms with E-state index < -0.39 is 17.9 Å². The van der Waals surface area contributed by atoms with E-state index in [2.05, 4.69) is 43.8 Å². The number of carboxylic acids is 1. The first kappa shape index (κ1) is 13.4. The monoisotopic (exact) mass is 397 g/mol. The summed E-state index contributed by atoms with van der Waals surface area (Å²) in [6.07, 6.45) is 0. The SMILES string of the molecule is CC(NC(=O)c1cc(I)ccc1Br)C(=O)O. The fourth-order valence-corrected chi connectivity index (χ4v) is 1.93. The number of carbonyl (C=O) groups excluding carboxylic acids is 1. The molecule has 0 saturated carbocycles. The second-order valence-corrected chi connectivity index (χ2v) is 5.26. The maximum atomic E-state index is 11.7. The van der Waals surface area contributed by atoms with Crippen molar-refractivity contribution >= 4 is 50.4 Å². The third-order valence-electron chi connectivity index (χ3n) is 1.89. The van der Waals surface area contributed by atoms with Crippen LogP contribution in [0.3, 0.4) is 0 Å². The normalized spacial score (nSPS) is 11.9. The average molecular weight is 398 g/mol. The molecule has 1 aromatic carbocycles. The summed E-state index contributed by atoms with van der Waals surface area (Å²) in [7, 11) is 0. The van der Waals surface area contributed by atoms with Crippen LogP contribution in [0.2, 0.25) is 0 Å². The van der Waals surface area contributed by atoms with E-state index in [1.807, 2.05) is 6.07 Å². The zero-order valence-corrected chi connectivity index (χ0v) is 12.1. The summed E-state index contributed by atoms with van der Waals surface area (Å²) < 4.78 is 1.55. The molecule has 4 nitrogen and oxygen atoms in total. The van der Waals surface area contributed by atoms with Gasteiger partial charge in [-0.3, -0.25) is 9.59 Å².